The number of aryl methyl sites for hydroxylation is 1. The molecule has 1 unspecified atom stereocenters. The third kappa shape index (κ3) is 2.89. The summed E-state index contributed by atoms with van der Waals surface area (Å²) in [6, 6.07) is 12.4. The van der Waals surface area contributed by atoms with Gasteiger partial charge in [-0.2, -0.15) is 0 Å². The van der Waals surface area contributed by atoms with Crippen molar-refractivity contribution in [1.82, 2.24) is 5.32 Å². The Labute approximate surface area is 112 Å². The summed E-state index contributed by atoms with van der Waals surface area (Å²) >= 11 is 6.07. The van der Waals surface area contributed by atoms with Crippen LogP contribution in [-0.2, 0) is 0 Å². The van der Waals surface area contributed by atoms with Crippen molar-refractivity contribution in [3.8, 4) is 0 Å². The minimum Gasteiger partial charge on any atom is -0.309 e. The molecule has 3 heteroatoms. The highest BCUT2D eigenvalue weighted by Gasteiger charge is 2.13. The Kier molecular flexibility index (Phi) is 4.00. The molecule has 0 fully saturated rings. The second kappa shape index (κ2) is 5.51. The molecule has 0 radical (unpaired) electrons. The lowest BCUT2D eigenvalue weighted by Crippen LogP contribution is -2.17. The van der Waals surface area contributed by atoms with Crippen molar-refractivity contribution in [1.29, 1.82) is 0 Å². The van der Waals surface area contributed by atoms with Crippen molar-refractivity contribution < 1.29 is 4.39 Å². The highest BCUT2D eigenvalue weighted by atomic mass is 35.5. The summed E-state index contributed by atoms with van der Waals surface area (Å²) in [5, 5.41) is 3.89. The van der Waals surface area contributed by atoms with Gasteiger partial charge in [-0.25, -0.2) is 4.39 Å². The molecule has 0 aliphatic rings. The van der Waals surface area contributed by atoms with Gasteiger partial charge in [0, 0.05) is 5.02 Å². The molecule has 0 amide bonds. The summed E-state index contributed by atoms with van der Waals surface area (Å²) in [5.41, 5.74) is 3.02. The Bertz CT molecular complexity index is 534. The van der Waals surface area contributed by atoms with Crippen molar-refractivity contribution in [2.75, 3.05) is 7.05 Å². The van der Waals surface area contributed by atoms with Crippen molar-refractivity contribution in [2.45, 2.75) is 13.0 Å². The van der Waals surface area contributed by atoms with Crippen LogP contribution in [-0.4, -0.2) is 7.05 Å². The fraction of sp³-hybridized carbons (Fsp3) is 0.200. The Morgan fingerprint density at radius 1 is 1.11 bits per heavy atom. The summed E-state index contributed by atoms with van der Waals surface area (Å²) in [6.07, 6.45) is 0. The zero-order valence-corrected chi connectivity index (χ0v) is 11.1. The zero-order valence-electron chi connectivity index (χ0n) is 10.4. The highest BCUT2D eigenvalue weighted by molar-refractivity contribution is 6.30. The fourth-order valence-corrected chi connectivity index (χ4v) is 2.44. The molecule has 0 aliphatic heterocycles. The number of hydrogen-bond donors (Lipinski definition) is 1. The van der Waals surface area contributed by atoms with Gasteiger partial charge in [0.25, 0.3) is 0 Å². The second-order valence-corrected chi connectivity index (χ2v) is 4.78. The predicted octanol–water partition coefficient (Wildman–Crippen LogP) is 4.10. The molecule has 2 rings (SSSR count). The third-order valence-corrected chi connectivity index (χ3v) is 3.09. The maximum Gasteiger partial charge on any atom is 0.123 e. The minimum atomic E-state index is -0.230. The molecule has 0 aliphatic carbocycles. The summed E-state index contributed by atoms with van der Waals surface area (Å²) < 4.78 is 13.3. The molecule has 0 saturated carbocycles. The van der Waals surface area contributed by atoms with Gasteiger partial charge >= 0.3 is 0 Å². The first-order valence-electron chi connectivity index (χ1n) is 5.80. The SMILES string of the molecule is CNC(c1cccc(F)c1)c1cc(C)cc(Cl)c1. The van der Waals surface area contributed by atoms with E-state index in [0.29, 0.717) is 5.02 Å². The number of nitrogens with one attached hydrogen (secondary N) is 1. The molecule has 1 atom stereocenters. The molecule has 0 spiro atoms. The van der Waals surface area contributed by atoms with Gasteiger partial charge in [0.1, 0.15) is 5.82 Å². The summed E-state index contributed by atoms with van der Waals surface area (Å²) in [4.78, 5) is 0. The lowest BCUT2D eigenvalue weighted by molar-refractivity contribution is 0.616. The van der Waals surface area contributed by atoms with Crippen LogP contribution in [0.5, 0.6) is 0 Å². The number of hydrogen-bond acceptors (Lipinski definition) is 1. The van der Waals surface area contributed by atoms with E-state index >= 15 is 0 Å². The molecule has 2 aromatic carbocycles. The third-order valence-electron chi connectivity index (χ3n) is 2.87. The van der Waals surface area contributed by atoms with Gasteiger partial charge in [-0.05, 0) is 54.9 Å². The van der Waals surface area contributed by atoms with Gasteiger partial charge in [-0.1, -0.05) is 29.8 Å². The van der Waals surface area contributed by atoms with Crippen LogP contribution in [0, 0.1) is 12.7 Å². The van der Waals surface area contributed by atoms with Gasteiger partial charge in [0.15, 0.2) is 0 Å². The van der Waals surface area contributed by atoms with Gasteiger partial charge in [-0.3, -0.25) is 0 Å². The normalized spacial score (nSPS) is 12.4. The van der Waals surface area contributed by atoms with Crippen LogP contribution in [0.3, 0.4) is 0 Å². The van der Waals surface area contributed by atoms with Crippen molar-refractivity contribution in [3.05, 3.63) is 70.0 Å². The molecule has 1 N–H and O–H groups in total. The van der Waals surface area contributed by atoms with E-state index in [1.54, 1.807) is 6.07 Å². The molecular formula is C15H15ClFN. The van der Waals surface area contributed by atoms with Crippen LogP contribution in [0.25, 0.3) is 0 Å². The van der Waals surface area contributed by atoms with Crippen LogP contribution in [0.4, 0.5) is 4.39 Å². The summed E-state index contributed by atoms with van der Waals surface area (Å²) in [7, 11) is 1.85. The average Bonchev–Trinajstić information content (AvgIpc) is 2.28. The number of halogens is 2. The van der Waals surface area contributed by atoms with Crippen LogP contribution in [0.2, 0.25) is 5.02 Å². The molecule has 18 heavy (non-hydrogen) atoms. The van der Waals surface area contributed by atoms with Crippen LogP contribution >= 0.6 is 11.6 Å². The van der Waals surface area contributed by atoms with E-state index in [1.165, 1.54) is 12.1 Å². The topological polar surface area (TPSA) is 12.0 Å². The number of benzene rings is 2. The lowest BCUT2D eigenvalue weighted by Gasteiger charge is -2.18. The minimum absolute atomic E-state index is 0.0573. The first-order valence-corrected chi connectivity index (χ1v) is 6.18. The van der Waals surface area contributed by atoms with Crippen molar-refractivity contribution in [3.63, 3.8) is 0 Å². The average molecular weight is 264 g/mol. The van der Waals surface area contributed by atoms with E-state index < -0.39 is 0 Å². The zero-order chi connectivity index (χ0) is 13.1. The molecule has 0 heterocycles. The largest absolute Gasteiger partial charge is 0.309 e. The smallest absolute Gasteiger partial charge is 0.123 e. The van der Waals surface area contributed by atoms with Crippen molar-refractivity contribution in [2.24, 2.45) is 0 Å². The van der Waals surface area contributed by atoms with E-state index in [1.807, 2.05) is 32.2 Å². The van der Waals surface area contributed by atoms with Gasteiger partial charge in [0.05, 0.1) is 6.04 Å². The van der Waals surface area contributed by atoms with Crippen LogP contribution in [0.1, 0.15) is 22.7 Å². The van der Waals surface area contributed by atoms with Crippen LogP contribution < -0.4 is 5.32 Å². The molecule has 2 aromatic rings. The monoisotopic (exact) mass is 263 g/mol. The maximum atomic E-state index is 13.3. The quantitative estimate of drug-likeness (QED) is 0.879. The first-order chi connectivity index (χ1) is 8.60. The van der Waals surface area contributed by atoms with Gasteiger partial charge in [-0.15, -0.1) is 0 Å². The molecule has 0 aromatic heterocycles. The second-order valence-electron chi connectivity index (χ2n) is 4.34. The first kappa shape index (κ1) is 13.1. The fourth-order valence-electron chi connectivity index (χ4n) is 2.14. The van der Waals surface area contributed by atoms with E-state index in [2.05, 4.69) is 11.4 Å². The van der Waals surface area contributed by atoms with E-state index in [4.69, 9.17) is 11.6 Å². The Hall–Kier alpha value is -1.38. The van der Waals surface area contributed by atoms with E-state index in [9.17, 15) is 4.39 Å². The van der Waals surface area contributed by atoms with Gasteiger partial charge < -0.3 is 5.32 Å². The maximum absolute atomic E-state index is 13.3. The Morgan fingerprint density at radius 2 is 1.89 bits per heavy atom. The number of rotatable bonds is 3. The Balaban J connectivity index is 2.45. The highest BCUT2D eigenvalue weighted by Crippen LogP contribution is 2.25. The van der Waals surface area contributed by atoms with Crippen molar-refractivity contribution >= 4 is 11.6 Å². The summed E-state index contributed by atoms with van der Waals surface area (Å²) in [6.45, 7) is 1.99. The van der Waals surface area contributed by atoms with E-state index in [-0.39, 0.29) is 11.9 Å². The molecule has 1 nitrogen and oxygen atoms in total. The van der Waals surface area contributed by atoms with Gasteiger partial charge in [0.2, 0.25) is 0 Å². The van der Waals surface area contributed by atoms with E-state index in [0.717, 1.165) is 16.7 Å². The molecule has 0 saturated heterocycles. The Morgan fingerprint density at radius 3 is 2.50 bits per heavy atom. The molecule has 0 bridgehead atoms. The molecule has 94 valence electrons. The summed E-state index contributed by atoms with van der Waals surface area (Å²) in [5.74, 6) is -0.230. The molecular weight excluding hydrogens is 249 g/mol. The predicted molar refractivity (Wildman–Crippen MR) is 73.5 cm³/mol. The standard InChI is InChI=1S/C15H15ClFN/c1-10-6-12(8-13(16)7-10)15(18-2)11-4-3-5-14(17)9-11/h3-9,15,18H,1-2H3. The lowest BCUT2D eigenvalue weighted by atomic mass is 9.97. The van der Waals surface area contributed by atoms with Crippen LogP contribution in [0.15, 0.2) is 42.5 Å².